The Morgan fingerprint density at radius 2 is 2.00 bits per heavy atom. The molecule has 29 heavy (non-hydrogen) atoms. The Bertz CT molecular complexity index is 1160. The third-order valence-electron chi connectivity index (χ3n) is 4.38. The van der Waals surface area contributed by atoms with E-state index < -0.39 is 10.8 Å². The van der Waals surface area contributed by atoms with Crippen LogP contribution in [-0.4, -0.2) is 22.5 Å². The Balaban J connectivity index is 1.98. The van der Waals surface area contributed by atoms with Crippen LogP contribution in [0.3, 0.4) is 0 Å². The molecular weight excluding hydrogens is 390 g/mol. The Hall–Kier alpha value is -3.26. The van der Waals surface area contributed by atoms with Gasteiger partial charge in [0.05, 0.1) is 16.7 Å². The molecular formula is C21H21N3O4S. The average Bonchev–Trinajstić information content (AvgIpc) is 3.06. The molecule has 0 N–H and O–H groups in total. The fourth-order valence-electron chi connectivity index (χ4n) is 2.97. The molecule has 150 valence electrons. The van der Waals surface area contributed by atoms with Crippen LogP contribution in [-0.2, 0) is 11.3 Å². The molecule has 2 aromatic carbocycles. The lowest BCUT2D eigenvalue weighted by Gasteiger charge is -2.08. The summed E-state index contributed by atoms with van der Waals surface area (Å²) in [5.41, 5.74) is 2.75. The molecule has 0 atom stereocenters. The first kappa shape index (κ1) is 20.5. The zero-order valence-electron chi connectivity index (χ0n) is 16.4. The molecule has 0 spiro atoms. The normalized spacial score (nSPS) is 12.0. The molecule has 0 bridgehead atoms. The van der Waals surface area contributed by atoms with E-state index in [9.17, 15) is 14.9 Å². The standard InChI is InChI=1S/C21H21N3O4S/c1-4-13-23-19-17(28-3)11-5-14(2)20(19)29-21(23)22-18(25)12-8-15-6-9-16(10-7-15)24(26)27/h5-12H,4,13H2,1-3H3/b12-8+,22-21?. The van der Waals surface area contributed by atoms with E-state index in [0.29, 0.717) is 10.4 Å². The maximum Gasteiger partial charge on any atom is 0.272 e. The number of carbonyl (C=O) groups excluding carboxylic acids is 1. The molecule has 0 radical (unpaired) electrons. The molecule has 1 amide bonds. The van der Waals surface area contributed by atoms with Crippen LogP contribution in [0.5, 0.6) is 5.75 Å². The van der Waals surface area contributed by atoms with E-state index >= 15 is 0 Å². The summed E-state index contributed by atoms with van der Waals surface area (Å²) in [5.74, 6) is 0.363. The summed E-state index contributed by atoms with van der Waals surface area (Å²) < 4.78 is 8.58. The molecule has 1 aromatic heterocycles. The largest absolute Gasteiger partial charge is 0.495 e. The number of amides is 1. The van der Waals surface area contributed by atoms with Crippen LogP contribution in [0.4, 0.5) is 5.69 Å². The second-order valence-electron chi connectivity index (χ2n) is 6.43. The molecule has 0 aliphatic rings. The number of benzene rings is 2. The van der Waals surface area contributed by atoms with Gasteiger partial charge in [-0.25, -0.2) is 0 Å². The van der Waals surface area contributed by atoms with Crippen LogP contribution in [0.1, 0.15) is 24.5 Å². The number of ether oxygens (including phenoxy) is 1. The molecule has 0 unspecified atom stereocenters. The van der Waals surface area contributed by atoms with Crippen molar-refractivity contribution in [2.24, 2.45) is 4.99 Å². The Morgan fingerprint density at radius 1 is 1.28 bits per heavy atom. The molecule has 0 saturated heterocycles. The number of hydrogen-bond donors (Lipinski definition) is 0. The third kappa shape index (κ3) is 4.43. The Morgan fingerprint density at radius 3 is 2.62 bits per heavy atom. The van der Waals surface area contributed by atoms with Gasteiger partial charge in [-0.15, -0.1) is 0 Å². The maximum atomic E-state index is 12.4. The van der Waals surface area contributed by atoms with Crippen molar-refractivity contribution in [2.75, 3.05) is 7.11 Å². The smallest absolute Gasteiger partial charge is 0.272 e. The summed E-state index contributed by atoms with van der Waals surface area (Å²) in [6, 6.07) is 9.90. The third-order valence-corrected chi connectivity index (χ3v) is 5.59. The van der Waals surface area contributed by atoms with Gasteiger partial charge in [0.2, 0.25) is 0 Å². The van der Waals surface area contributed by atoms with Crippen molar-refractivity contribution in [1.82, 2.24) is 4.57 Å². The summed E-state index contributed by atoms with van der Waals surface area (Å²) in [6.45, 7) is 4.81. The molecule has 7 nitrogen and oxygen atoms in total. The van der Waals surface area contributed by atoms with Gasteiger partial charge in [-0.3, -0.25) is 14.9 Å². The zero-order chi connectivity index (χ0) is 21.0. The minimum atomic E-state index is -0.460. The zero-order valence-corrected chi connectivity index (χ0v) is 17.2. The number of aryl methyl sites for hydroxylation is 2. The van der Waals surface area contributed by atoms with Crippen molar-refractivity contribution in [3.8, 4) is 5.75 Å². The molecule has 0 aliphatic carbocycles. The molecule has 3 aromatic rings. The number of nitro benzene ring substituents is 1. The molecule has 3 rings (SSSR count). The van der Waals surface area contributed by atoms with Crippen LogP contribution >= 0.6 is 11.3 Å². The predicted octanol–water partition coefficient (Wildman–Crippen LogP) is 4.48. The highest BCUT2D eigenvalue weighted by Crippen LogP contribution is 2.30. The summed E-state index contributed by atoms with van der Waals surface area (Å²) >= 11 is 1.46. The van der Waals surface area contributed by atoms with E-state index in [2.05, 4.69) is 11.9 Å². The average molecular weight is 411 g/mol. The van der Waals surface area contributed by atoms with Crippen LogP contribution in [0.25, 0.3) is 16.3 Å². The van der Waals surface area contributed by atoms with Gasteiger partial charge in [0.25, 0.3) is 11.6 Å². The lowest BCUT2D eigenvalue weighted by molar-refractivity contribution is -0.384. The van der Waals surface area contributed by atoms with Gasteiger partial charge in [-0.1, -0.05) is 24.3 Å². The van der Waals surface area contributed by atoms with E-state index in [4.69, 9.17) is 4.74 Å². The number of aromatic nitrogens is 1. The van der Waals surface area contributed by atoms with E-state index in [0.717, 1.165) is 34.5 Å². The van der Waals surface area contributed by atoms with Crippen LogP contribution in [0, 0.1) is 17.0 Å². The van der Waals surface area contributed by atoms with Crippen molar-refractivity contribution in [2.45, 2.75) is 26.8 Å². The van der Waals surface area contributed by atoms with Gasteiger partial charge in [0, 0.05) is 24.8 Å². The number of thiazole rings is 1. The second-order valence-corrected chi connectivity index (χ2v) is 7.41. The van der Waals surface area contributed by atoms with Crippen molar-refractivity contribution in [3.05, 3.63) is 68.5 Å². The van der Waals surface area contributed by atoms with Gasteiger partial charge >= 0.3 is 0 Å². The SMILES string of the molecule is CCCn1c(=NC(=O)/C=C/c2ccc([N+](=O)[O-])cc2)sc2c(C)ccc(OC)c21. The first-order valence-corrected chi connectivity index (χ1v) is 9.94. The summed E-state index contributed by atoms with van der Waals surface area (Å²) in [4.78, 5) is 27.6. The molecule has 0 fully saturated rings. The van der Waals surface area contributed by atoms with Gasteiger partial charge < -0.3 is 9.30 Å². The van der Waals surface area contributed by atoms with E-state index in [1.807, 2.05) is 23.6 Å². The van der Waals surface area contributed by atoms with Crippen molar-refractivity contribution >= 4 is 39.2 Å². The maximum absolute atomic E-state index is 12.4. The van der Waals surface area contributed by atoms with Crippen molar-refractivity contribution in [1.29, 1.82) is 0 Å². The number of hydrogen-bond acceptors (Lipinski definition) is 5. The molecule has 8 heteroatoms. The quantitative estimate of drug-likeness (QED) is 0.340. The van der Waals surface area contributed by atoms with Crippen LogP contribution < -0.4 is 9.54 Å². The minimum absolute atomic E-state index is 0.00774. The highest BCUT2D eigenvalue weighted by atomic mass is 32.1. The molecule has 0 aliphatic heterocycles. The topological polar surface area (TPSA) is 86.7 Å². The van der Waals surface area contributed by atoms with Gasteiger partial charge in [-0.2, -0.15) is 4.99 Å². The number of non-ortho nitro benzene ring substituents is 1. The van der Waals surface area contributed by atoms with Crippen molar-refractivity contribution in [3.63, 3.8) is 0 Å². The highest BCUT2D eigenvalue weighted by Gasteiger charge is 2.13. The van der Waals surface area contributed by atoms with Crippen LogP contribution in [0.2, 0.25) is 0 Å². The van der Waals surface area contributed by atoms with E-state index in [1.165, 1.54) is 29.5 Å². The van der Waals surface area contributed by atoms with E-state index in [-0.39, 0.29) is 5.69 Å². The van der Waals surface area contributed by atoms with Gasteiger partial charge in [0.1, 0.15) is 11.3 Å². The lowest BCUT2D eigenvalue weighted by atomic mass is 10.2. The lowest BCUT2D eigenvalue weighted by Crippen LogP contribution is -2.16. The number of carbonyl (C=O) groups is 1. The van der Waals surface area contributed by atoms with E-state index in [1.54, 1.807) is 25.3 Å². The predicted molar refractivity (Wildman–Crippen MR) is 114 cm³/mol. The first-order valence-electron chi connectivity index (χ1n) is 9.12. The number of rotatable bonds is 6. The molecule has 0 saturated carbocycles. The number of nitrogens with zero attached hydrogens (tertiary/aromatic N) is 3. The summed E-state index contributed by atoms with van der Waals surface area (Å²) in [7, 11) is 1.63. The monoisotopic (exact) mass is 411 g/mol. The Kier molecular flexibility index (Phi) is 6.23. The summed E-state index contributed by atoms with van der Waals surface area (Å²) in [5, 5.41) is 10.7. The minimum Gasteiger partial charge on any atom is -0.495 e. The first-order chi connectivity index (χ1) is 13.9. The fraction of sp³-hybridized carbons (Fsp3) is 0.238. The second kappa shape index (κ2) is 8.83. The van der Waals surface area contributed by atoms with Crippen LogP contribution in [0.15, 0.2) is 47.5 Å². The number of methoxy groups -OCH3 is 1. The van der Waals surface area contributed by atoms with Crippen molar-refractivity contribution < 1.29 is 14.5 Å². The Labute approximate surface area is 171 Å². The highest BCUT2D eigenvalue weighted by molar-refractivity contribution is 7.16. The number of fused-ring (bicyclic) bond motifs is 1. The fourth-order valence-corrected chi connectivity index (χ4v) is 4.11. The van der Waals surface area contributed by atoms with Gasteiger partial charge in [-0.05, 0) is 48.7 Å². The summed E-state index contributed by atoms with van der Waals surface area (Å²) in [6.07, 6.45) is 3.85. The molecule has 1 heterocycles. The number of nitro groups is 1. The van der Waals surface area contributed by atoms with Gasteiger partial charge in [0.15, 0.2) is 4.80 Å².